The zero-order valence-electron chi connectivity index (χ0n) is 18.5. The quantitative estimate of drug-likeness (QED) is 0.530. The summed E-state index contributed by atoms with van der Waals surface area (Å²) in [5.74, 6) is -0.0940. The lowest BCUT2D eigenvalue weighted by Gasteiger charge is -2.36. The Kier molecular flexibility index (Phi) is 6.22. The second-order valence-corrected chi connectivity index (χ2v) is 8.86. The third-order valence-corrected chi connectivity index (χ3v) is 6.82. The van der Waals surface area contributed by atoms with Crippen LogP contribution in [0, 0.1) is 17.6 Å². The molecule has 172 valence electrons. The summed E-state index contributed by atoms with van der Waals surface area (Å²) in [5.41, 5.74) is 2.16. The summed E-state index contributed by atoms with van der Waals surface area (Å²) in [6.07, 6.45) is 3.14. The van der Waals surface area contributed by atoms with Crippen LogP contribution in [-0.4, -0.2) is 48.6 Å². The molecule has 5 rings (SSSR count). The van der Waals surface area contributed by atoms with Gasteiger partial charge in [0.1, 0.15) is 23.1 Å². The van der Waals surface area contributed by atoms with Gasteiger partial charge < -0.3 is 9.42 Å². The molecule has 0 amide bonds. The number of anilines is 1. The predicted molar refractivity (Wildman–Crippen MR) is 122 cm³/mol. The first kappa shape index (κ1) is 21.8. The first-order chi connectivity index (χ1) is 16.1. The van der Waals surface area contributed by atoms with E-state index >= 15 is 0 Å². The van der Waals surface area contributed by atoms with E-state index in [1.54, 1.807) is 18.2 Å². The van der Waals surface area contributed by atoms with Crippen molar-refractivity contribution in [3.8, 4) is 11.3 Å². The van der Waals surface area contributed by atoms with E-state index in [0.29, 0.717) is 29.0 Å². The third kappa shape index (κ3) is 4.55. The number of hydrogen-bond donors (Lipinski definition) is 0. The molecule has 1 fully saturated rings. The minimum absolute atomic E-state index is 0.0249. The van der Waals surface area contributed by atoms with E-state index in [9.17, 15) is 13.6 Å². The summed E-state index contributed by atoms with van der Waals surface area (Å²) < 4.78 is 32.8. The maximum Gasteiger partial charge on any atom is 0.171 e. The van der Waals surface area contributed by atoms with Gasteiger partial charge in [-0.3, -0.25) is 9.69 Å². The zero-order valence-corrected chi connectivity index (χ0v) is 18.5. The van der Waals surface area contributed by atoms with Crippen molar-refractivity contribution in [1.82, 2.24) is 10.1 Å². The fourth-order valence-corrected chi connectivity index (χ4v) is 4.94. The third-order valence-electron chi connectivity index (χ3n) is 6.82. The predicted octanol–water partition coefficient (Wildman–Crippen LogP) is 4.97. The number of rotatable bonds is 6. The van der Waals surface area contributed by atoms with Crippen LogP contribution in [0.4, 0.5) is 14.5 Å². The van der Waals surface area contributed by atoms with Gasteiger partial charge in [-0.25, -0.2) is 8.78 Å². The Balaban J connectivity index is 1.15. The lowest BCUT2D eigenvalue weighted by molar-refractivity contribution is 0.0884. The number of carbonyl (C=O) groups excluding carboxylic acids is 1. The van der Waals surface area contributed by atoms with Gasteiger partial charge in [0, 0.05) is 49.8 Å². The molecule has 0 spiro atoms. The minimum atomic E-state index is -0.400. The van der Waals surface area contributed by atoms with Crippen molar-refractivity contribution < 1.29 is 18.1 Å². The Labute approximate surface area is 192 Å². The van der Waals surface area contributed by atoms with Gasteiger partial charge in [-0.15, -0.1) is 0 Å². The zero-order chi connectivity index (χ0) is 22.8. The van der Waals surface area contributed by atoms with E-state index in [2.05, 4.69) is 15.0 Å². The molecular weight excluding hydrogens is 424 g/mol. The molecule has 2 aliphatic rings. The Morgan fingerprint density at radius 1 is 1.00 bits per heavy atom. The van der Waals surface area contributed by atoms with Crippen LogP contribution in [0.25, 0.3) is 11.3 Å². The molecule has 2 aromatic carbocycles. The topological polar surface area (TPSA) is 49.6 Å². The van der Waals surface area contributed by atoms with Crippen molar-refractivity contribution in [3.63, 3.8) is 0 Å². The maximum atomic E-state index is 14.3. The summed E-state index contributed by atoms with van der Waals surface area (Å²) in [5, 5.41) is 4.03. The van der Waals surface area contributed by atoms with Gasteiger partial charge >= 0.3 is 0 Å². The molecule has 1 aromatic heterocycles. The molecule has 0 bridgehead atoms. The van der Waals surface area contributed by atoms with Gasteiger partial charge in [0.15, 0.2) is 5.78 Å². The fourth-order valence-electron chi connectivity index (χ4n) is 4.94. The Morgan fingerprint density at radius 2 is 1.76 bits per heavy atom. The molecular formula is C26H27F2N3O2. The van der Waals surface area contributed by atoms with E-state index < -0.39 is 5.82 Å². The smallest absolute Gasteiger partial charge is 0.171 e. The normalized spacial score (nSPS) is 19.0. The molecule has 2 heterocycles. The molecule has 5 nitrogen and oxygen atoms in total. The number of nitrogens with zero attached hydrogens (tertiary/aromatic N) is 3. The van der Waals surface area contributed by atoms with Gasteiger partial charge in [-0.1, -0.05) is 17.3 Å². The summed E-state index contributed by atoms with van der Waals surface area (Å²) in [4.78, 5) is 17.9. The van der Waals surface area contributed by atoms with Gasteiger partial charge in [0.05, 0.1) is 5.56 Å². The lowest BCUT2D eigenvalue weighted by atomic mass is 9.82. The average molecular weight is 452 g/mol. The van der Waals surface area contributed by atoms with Gasteiger partial charge in [-0.05, 0) is 62.2 Å². The van der Waals surface area contributed by atoms with E-state index in [1.165, 1.54) is 18.2 Å². The minimum Gasteiger partial charge on any atom is -0.369 e. The van der Waals surface area contributed by atoms with Crippen LogP contribution in [0.5, 0.6) is 0 Å². The molecule has 1 saturated heterocycles. The van der Waals surface area contributed by atoms with Crippen molar-refractivity contribution in [3.05, 3.63) is 71.5 Å². The van der Waals surface area contributed by atoms with Gasteiger partial charge in [0.2, 0.25) is 0 Å². The number of benzene rings is 2. The summed E-state index contributed by atoms with van der Waals surface area (Å²) in [6, 6.07) is 13.0. The molecule has 0 saturated carbocycles. The monoisotopic (exact) mass is 451 g/mol. The molecule has 33 heavy (non-hydrogen) atoms. The molecule has 1 aliphatic carbocycles. The Bertz CT molecular complexity index is 1120. The van der Waals surface area contributed by atoms with Crippen LogP contribution < -0.4 is 4.90 Å². The first-order valence-corrected chi connectivity index (χ1v) is 11.6. The van der Waals surface area contributed by atoms with Crippen LogP contribution >= 0.6 is 0 Å². The molecule has 1 aliphatic heterocycles. The number of aryl methyl sites for hydroxylation is 1. The molecule has 0 radical (unpaired) electrons. The highest BCUT2D eigenvalue weighted by atomic mass is 19.1. The second kappa shape index (κ2) is 9.43. The number of fused-ring (bicyclic) bond motifs is 1. The number of ketones is 1. The number of hydrogen-bond acceptors (Lipinski definition) is 5. The van der Waals surface area contributed by atoms with Crippen molar-refractivity contribution in [2.24, 2.45) is 5.92 Å². The molecule has 3 aromatic rings. The fraction of sp³-hybridized carbons (Fsp3) is 0.385. The highest BCUT2D eigenvalue weighted by Gasteiger charge is 2.34. The SMILES string of the molecule is O=C1c2c(-c3ccccc3F)noc2CCC1CCCN1CCN(c2ccc(F)cc2)CC1. The van der Waals surface area contributed by atoms with Gasteiger partial charge in [0.25, 0.3) is 0 Å². The number of piperazine rings is 1. The average Bonchev–Trinajstić information content (AvgIpc) is 3.27. The van der Waals surface area contributed by atoms with Crippen LogP contribution in [0.1, 0.15) is 35.4 Å². The van der Waals surface area contributed by atoms with Crippen molar-refractivity contribution in [2.45, 2.75) is 25.7 Å². The first-order valence-electron chi connectivity index (χ1n) is 11.6. The van der Waals surface area contributed by atoms with Crippen LogP contribution in [0.15, 0.2) is 53.1 Å². The van der Waals surface area contributed by atoms with E-state index in [4.69, 9.17) is 4.52 Å². The van der Waals surface area contributed by atoms with Crippen LogP contribution in [0.3, 0.4) is 0 Å². The highest BCUT2D eigenvalue weighted by Crippen LogP contribution is 2.36. The lowest BCUT2D eigenvalue weighted by Crippen LogP contribution is -2.46. The molecule has 0 N–H and O–H groups in total. The van der Waals surface area contributed by atoms with E-state index in [1.807, 2.05) is 12.1 Å². The van der Waals surface area contributed by atoms with Crippen LogP contribution in [0.2, 0.25) is 0 Å². The van der Waals surface area contributed by atoms with E-state index in [0.717, 1.165) is 57.7 Å². The standard InChI is InChI=1S/C26H27F2N3O2/c27-19-8-10-20(11-9-19)31-16-14-30(15-17-31)13-3-4-18-7-12-23-24(26(18)32)25(29-33-23)21-5-1-2-6-22(21)28/h1-2,5-6,8-11,18H,3-4,7,12-17H2. The molecule has 7 heteroatoms. The summed E-state index contributed by atoms with van der Waals surface area (Å²) in [6.45, 7) is 4.65. The molecule has 1 unspecified atom stereocenters. The number of Topliss-reactive ketones (excluding diaryl/α,β-unsaturated/α-hetero) is 1. The maximum absolute atomic E-state index is 14.3. The number of halogens is 2. The van der Waals surface area contributed by atoms with Crippen LogP contribution in [-0.2, 0) is 6.42 Å². The van der Waals surface area contributed by atoms with Gasteiger partial charge in [-0.2, -0.15) is 0 Å². The number of carbonyl (C=O) groups is 1. The van der Waals surface area contributed by atoms with Crippen molar-refractivity contribution >= 4 is 11.5 Å². The Hall–Kier alpha value is -3.06. The largest absolute Gasteiger partial charge is 0.369 e. The Morgan fingerprint density at radius 3 is 2.52 bits per heavy atom. The van der Waals surface area contributed by atoms with E-state index in [-0.39, 0.29) is 17.5 Å². The van der Waals surface area contributed by atoms with Crippen molar-refractivity contribution in [1.29, 1.82) is 0 Å². The number of aromatic nitrogens is 1. The summed E-state index contributed by atoms with van der Waals surface area (Å²) >= 11 is 0. The highest BCUT2D eigenvalue weighted by molar-refractivity contribution is 6.04. The van der Waals surface area contributed by atoms with Crippen molar-refractivity contribution in [2.75, 3.05) is 37.6 Å². The summed E-state index contributed by atoms with van der Waals surface area (Å²) in [7, 11) is 0. The second-order valence-electron chi connectivity index (χ2n) is 8.86. The molecule has 1 atom stereocenters.